The summed E-state index contributed by atoms with van der Waals surface area (Å²) in [5.74, 6) is 1.48. The zero-order chi connectivity index (χ0) is 14.8. The predicted octanol–water partition coefficient (Wildman–Crippen LogP) is 3.42. The predicted molar refractivity (Wildman–Crippen MR) is 88.9 cm³/mol. The summed E-state index contributed by atoms with van der Waals surface area (Å²) in [7, 11) is 0. The molecule has 2 unspecified atom stereocenters. The molecule has 0 aliphatic carbocycles. The van der Waals surface area contributed by atoms with Crippen LogP contribution in [0.3, 0.4) is 0 Å². The molecular formula is C15H19ClN4S. The monoisotopic (exact) mass is 322 g/mol. The first-order valence-electron chi connectivity index (χ1n) is 7.27. The fraction of sp³-hybridized carbons (Fsp3) is 0.467. The van der Waals surface area contributed by atoms with Gasteiger partial charge in [-0.15, -0.1) is 21.5 Å². The maximum Gasteiger partial charge on any atom is 0.151 e. The Kier molecular flexibility index (Phi) is 4.42. The molecule has 21 heavy (non-hydrogen) atoms. The van der Waals surface area contributed by atoms with Crippen molar-refractivity contribution < 1.29 is 0 Å². The Bertz CT molecular complexity index is 598. The molecule has 0 saturated carbocycles. The van der Waals surface area contributed by atoms with Gasteiger partial charge in [-0.2, -0.15) is 0 Å². The van der Waals surface area contributed by atoms with Crippen LogP contribution < -0.4 is 10.6 Å². The molecule has 2 atom stereocenters. The van der Waals surface area contributed by atoms with Crippen LogP contribution in [0.1, 0.15) is 19.8 Å². The highest BCUT2D eigenvalue weighted by atomic mass is 35.5. The Morgan fingerprint density at radius 3 is 2.81 bits per heavy atom. The normalized spacial score (nSPS) is 22.5. The van der Waals surface area contributed by atoms with Gasteiger partial charge in [0.1, 0.15) is 5.69 Å². The van der Waals surface area contributed by atoms with Gasteiger partial charge in [-0.3, -0.25) is 0 Å². The standard InChI is InChI=1S/C15H19ClN4S/c1-2-10-9-20(8-7-11(10)17)15-6-3-12(18-19-15)13-4-5-14(16)21-13/h3-6,10-11H,2,7-9,17H2,1H3. The highest BCUT2D eigenvalue weighted by Crippen LogP contribution is 2.30. The van der Waals surface area contributed by atoms with Crippen LogP contribution in [0.15, 0.2) is 24.3 Å². The molecule has 2 aromatic rings. The molecular weight excluding hydrogens is 304 g/mol. The molecule has 0 amide bonds. The number of piperidine rings is 1. The van der Waals surface area contributed by atoms with Crippen LogP contribution >= 0.6 is 22.9 Å². The molecule has 1 aliphatic heterocycles. The minimum absolute atomic E-state index is 0.312. The number of rotatable bonds is 3. The van der Waals surface area contributed by atoms with E-state index in [0.29, 0.717) is 12.0 Å². The Morgan fingerprint density at radius 2 is 2.19 bits per heavy atom. The van der Waals surface area contributed by atoms with Crippen molar-refractivity contribution in [1.82, 2.24) is 10.2 Å². The second-order valence-corrected chi connectivity index (χ2v) is 7.16. The molecule has 0 bridgehead atoms. The Hall–Kier alpha value is -1.17. The van der Waals surface area contributed by atoms with Gasteiger partial charge >= 0.3 is 0 Å². The maximum absolute atomic E-state index is 6.16. The van der Waals surface area contributed by atoms with Crippen LogP contribution in [-0.4, -0.2) is 29.3 Å². The third-order valence-electron chi connectivity index (χ3n) is 4.12. The quantitative estimate of drug-likeness (QED) is 0.940. The highest BCUT2D eigenvalue weighted by Gasteiger charge is 2.26. The maximum atomic E-state index is 6.16. The number of hydrogen-bond acceptors (Lipinski definition) is 5. The first kappa shape index (κ1) is 14.8. The topological polar surface area (TPSA) is 55.0 Å². The van der Waals surface area contributed by atoms with Crippen molar-refractivity contribution in [3.05, 3.63) is 28.6 Å². The Labute approximate surface area is 133 Å². The minimum Gasteiger partial charge on any atom is -0.355 e. The Balaban J connectivity index is 1.75. The molecule has 1 fully saturated rings. The molecule has 1 saturated heterocycles. The van der Waals surface area contributed by atoms with Crippen molar-refractivity contribution in [2.45, 2.75) is 25.8 Å². The van der Waals surface area contributed by atoms with Crippen molar-refractivity contribution in [3.8, 4) is 10.6 Å². The number of anilines is 1. The lowest BCUT2D eigenvalue weighted by Gasteiger charge is -2.36. The second kappa shape index (κ2) is 6.30. The van der Waals surface area contributed by atoms with Gasteiger partial charge in [-0.25, -0.2) is 0 Å². The summed E-state index contributed by atoms with van der Waals surface area (Å²) in [5.41, 5.74) is 7.03. The summed E-state index contributed by atoms with van der Waals surface area (Å²) in [5, 5.41) is 8.72. The van der Waals surface area contributed by atoms with E-state index < -0.39 is 0 Å². The van der Waals surface area contributed by atoms with Crippen LogP contribution in [0, 0.1) is 5.92 Å². The van der Waals surface area contributed by atoms with E-state index in [1.54, 1.807) is 0 Å². The van der Waals surface area contributed by atoms with Crippen LogP contribution in [0.2, 0.25) is 4.34 Å². The first-order valence-corrected chi connectivity index (χ1v) is 8.46. The minimum atomic E-state index is 0.312. The van der Waals surface area contributed by atoms with Crippen LogP contribution in [0.25, 0.3) is 10.6 Å². The van der Waals surface area contributed by atoms with Crippen molar-refractivity contribution in [2.75, 3.05) is 18.0 Å². The first-order chi connectivity index (χ1) is 10.2. The van der Waals surface area contributed by atoms with E-state index in [-0.39, 0.29) is 0 Å². The largest absolute Gasteiger partial charge is 0.355 e. The number of nitrogens with zero attached hydrogens (tertiary/aromatic N) is 3. The zero-order valence-electron chi connectivity index (χ0n) is 12.0. The lowest BCUT2D eigenvalue weighted by atomic mass is 9.91. The molecule has 112 valence electrons. The van der Waals surface area contributed by atoms with Crippen LogP contribution in [0.5, 0.6) is 0 Å². The average Bonchev–Trinajstić information content (AvgIpc) is 2.94. The molecule has 0 radical (unpaired) electrons. The van der Waals surface area contributed by atoms with Crippen LogP contribution in [-0.2, 0) is 0 Å². The van der Waals surface area contributed by atoms with Gasteiger partial charge in [-0.05, 0) is 36.6 Å². The van der Waals surface area contributed by atoms with Gasteiger partial charge in [0.15, 0.2) is 5.82 Å². The fourth-order valence-electron chi connectivity index (χ4n) is 2.77. The molecule has 2 N–H and O–H groups in total. The van der Waals surface area contributed by atoms with Gasteiger partial charge in [0.05, 0.1) is 9.21 Å². The number of aromatic nitrogens is 2. The highest BCUT2D eigenvalue weighted by molar-refractivity contribution is 7.19. The number of halogens is 1. The molecule has 4 nitrogen and oxygen atoms in total. The summed E-state index contributed by atoms with van der Waals surface area (Å²) >= 11 is 7.48. The van der Waals surface area contributed by atoms with Gasteiger partial charge < -0.3 is 10.6 Å². The number of nitrogens with two attached hydrogens (primary N) is 1. The van der Waals surface area contributed by atoms with E-state index in [4.69, 9.17) is 17.3 Å². The third kappa shape index (κ3) is 3.20. The van der Waals surface area contributed by atoms with Crippen LogP contribution in [0.4, 0.5) is 5.82 Å². The van der Waals surface area contributed by atoms with E-state index in [0.717, 1.165) is 46.7 Å². The summed E-state index contributed by atoms with van der Waals surface area (Å²) in [4.78, 5) is 3.33. The summed E-state index contributed by atoms with van der Waals surface area (Å²) in [6, 6.07) is 8.23. The van der Waals surface area contributed by atoms with E-state index in [1.165, 1.54) is 11.3 Å². The van der Waals surface area contributed by atoms with E-state index >= 15 is 0 Å². The zero-order valence-corrected chi connectivity index (χ0v) is 13.6. The van der Waals surface area contributed by atoms with Gasteiger partial charge in [0.25, 0.3) is 0 Å². The van der Waals surface area contributed by atoms with Gasteiger partial charge in [0.2, 0.25) is 0 Å². The molecule has 6 heteroatoms. The fourth-order valence-corrected chi connectivity index (χ4v) is 3.78. The lowest BCUT2D eigenvalue weighted by Crippen LogP contribution is -2.47. The SMILES string of the molecule is CCC1CN(c2ccc(-c3ccc(Cl)s3)nn2)CCC1N. The number of hydrogen-bond donors (Lipinski definition) is 1. The third-order valence-corrected chi connectivity index (χ3v) is 5.37. The summed E-state index contributed by atoms with van der Waals surface area (Å²) in [6.07, 6.45) is 2.12. The molecule has 0 spiro atoms. The van der Waals surface area contributed by atoms with E-state index in [2.05, 4.69) is 22.0 Å². The molecule has 3 heterocycles. The lowest BCUT2D eigenvalue weighted by molar-refractivity contribution is 0.346. The summed E-state index contributed by atoms with van der Waals surface area (Å²) in [6.45, 7) is 4.12. The average molecular weight is 323 g/mol. The van der Waals surface area contributed by atoms with E-state index in [1.807, 2.05) is 24.3 Å². The molecule has 0 aromatic carbocycles. The molecule has 1 aliphatic rings. The smallest absolute Gasteiger partial charge is 0.151 e. The van der Waals surface area contributed by atoms with Gasteiger partial charge in [0, 0.05) is 19.1 Å². The van der Waals surface area contributed by atoms with E-state index in [9.17, 15) is 0 Å². The van der Waals surface area contributed by atoms with Crippen molar-refractivity contribution in [2.24, 2.45) is 11.7 Å². The second-order valence-electron chi connectivity index (χ2n) is 5.45. The van der Waals surface area contributed by atoms with Gasteiger partial charge in [-0.1, -0.05) is 24.9 Å². The number of thiophene rings is 1. The molecule has 3 rings (SSSR count). The van der Waals surface area contributed by atoms with Crippen molar-refractivity contribution >= 4 is 28.8 Å². The van der Waals surface area contributed by atoms with Crippen molar-refractivity contribution in [3.63, 3.8) is 0 Å². The van der Waals surface area contributed by atoms with Crippen molar-refractivity contribution in [1.29, 1.82) is 0 Å². The Morgan fingerprint density at radius 1 is 1.33 bits per heavy atom. The molecule has 2 aromatic heterocycles. The summed E-state index contributed by atoms with van der Waals surface area (Å²) < 4.78 is 0.770.